The fraction of sp³-hybridized carbons (Fsp3) is 0.533. The molecule has 0 bridgehead atoms. The van der Waals surface area contributed by atoms with Gasteiger partial charge in [-0.3, -0.25) is 4.79 Å². The lowest BCUT2D eigenvalue weighted by atomic mass is 10.2. The zero-order valence-electron chi connectivity index (χ0n) is 11.7. The standard InChI is InChI=1S/C15H22O3S/c1-3-9-17-10-11-18-15(16)8-12-19-14-6-4-13(2)5-7-14/h4-7H,3,8-12H2,1-2H3. The molecule has 0 amide bonds. The van der Waals surface area contributed by atoms with Gasteiger partial charge in [0, 0.05) is 17.3 Å². The van der Waals surface area contributed by atoms with E-state index >= 15 is 0 Å². The predicted molar refractivity (Wildman–Crippen MR) is 78.6 cm³/mol. The molecule has 1 rings (SSSR count). The second-order valence-electron chi connectivity index (χ2n) is 4.24. The van der Waals surface area contributed by atoms with Gasteiger partial charge in [-0.25, -0.2) is 0 Å². The number of esters is 1. The number of carbonyl (C=O) groups excluding carboxylic acids is 1. The Morgan fingerprint density at radius 3 is 2.58 bits per heavy atom. The van der Waals surface area contributed by atoms with E-state index in [1.807, 2.05) is 6.92 Å². The first-order valence-corrected chi connectivity index (χ1v) is 7.63. The summed E-state index contributed by atoms with van der Waals surface area (Å²) < 4.78 is 10.3. The van der Waals surface area contributed by atoms with Crippen molar-refractivity contribution in [3.05, 3.63) is 29.8 Å². The molecule has 0 spiro atoms. The Bertz CT molecular complexity index is 362. The maximum Gasteiger partial charge on any atom is 0.306 e. The van der Waals surface area contributed by atoms with E-state index in [4.69, 9.17) is 9.47 Å². The van der Waals surface area contributed by atoms with Crippen LogP contribution >= 0.6 is 11.8 Å². The molecule has 0 aliphatic carbocycles. The number of hydrogen-bond acceptors (Lipinski definition) is 4. The number of carbonyl (C=O) groups is 1. The highest BCUT2D eigenvalue weighted by Gasteiger charge is 2.03. The van der Waals surface area contributed by atoms with Crippen molar-refractivity contribution in [2.24, 2.45) is 0 Å². The molecule has 0 atom stereocenters. The van der Waals surface area contributed by atoms with Crippen molar-refractivity contribution in [3.8, 4) is 0 Å². The number of ether oxygens (including phenoxy) is 2. The van der Waals surface area contributed by atoms with E-state index in [-0.39, 0.29) is 5.97 Å². The molecule has 1 aromatic carbocycles. The SMILES string of the molecule is CCCOCCOC(=O)CCSc1ccc(C)cc1. The Morgan fingerprint density at radius 1 is 1.16 bits per heavy atom. The van der Waals surface area contributed by atoms with Gasteiger partial charge in [-0.2, -0.15) is 0 Å². The first-order chi connectivity index (χ1) is 9.22. The van der Waals surface area contributed by atoms with E-state index in [2.05, 4.69) is 31.2 Å². The highest BCUT2D eigenvalue weighted by molar-refractivity contribution is 7.99. The average molecular weight is 282 g/mol. The van der Waals surface area contributed by atoms with Crippen molar-refractivity contribution in [1.29, 1.82) is 0 Å². The summed E-state index contributed by atoms with van der Waals surface area (Å²) >= 11 is 1.67. The van der Waals surface area contributed by atoms with Gasteiger partial charge in [0.15, 0.2) is 0 Å². The van der Waals surface area contributed by atoms with E-state index in [1.54, 1.807) is 11.8 Å². The molecule has 0 aromatic heterocycles. The molecule has 106 valence electrons. The molecule has 0 saturated heterocycles. The Labute approximate surface area is 119 Å². The molecule has 3 nitrogen and oxygen atoms in total. The van der Waals surface area contributed by atoms with Gasteiger partial charge in [0.1, 0.15) is 6.61 Å². The Balaban J connectivity index is 2.05. The molecule has 19 heavy (non-hydrogen) atoms. The zero-order chi connectivity index (χ0) is 13.9. The minimum Gasteiger partial charge on any atom is -0.463 e. The third kappa shape index (κ3) is 7.90. The Kier molecular flexibility index (Phi) is 8.34. The maximum absolute atomic E-state index is 11.4. The minimum absolute atomic E-state index is 0.153. The van der Waals surface area contributed by atoms with Crippen molar-refractivity contribution in [3.63, 3.8) is 0 Å². The molecule has 1 aromatic rings. The Hall–Kier alpha value is -1.00. The molecular weight excluding hydrogens is 260 g/mol. The lowest BCUT2D eigenvalue weighted by molar-refractivity contribution is -0.144. The predicted octanol–water partition coefficient (Wildman–Crippen LogP) is 3.45. The van der Waals surface area contributed by atoms with Crippen molar-refractivity contribution < 1.29 is 14.3 Å². The Morgan fingerprint density at radius 2 is 1.89 bits per heavy atom. The summed E-state index contributed by atoms with van der Waals surface area (Å²) in [5, 5.41) is 0. The summed E-state index contributed by atoms with van der Waals surface area (Å²) in [6, 6.07) is 8.30. The molecule has 0 N–H and O–H groups in total. The highest BCUT2D eigenvalue weighted by atomic mass is 32.2. The van der Waals surface area contributed by atoms with E-state index in [9.17, 15) is 4.79 Å². The molecule has 0 aliphatic rings. The van der Waals surface area contributed by atoms with Gasteiger partial charge in [-0.1, -0.05) is 24.6 Å². The lowest BCUT2D eigenvalue weighted by Crippen LogP contribution is -2.11. The zero-order valence-corrected chi connectivity index (χ0v) is 12.5. The van der Waals surface area contributed by atoms with Crippen LogP contribution in [0.25, 0.3) is 0 Å². The largest absolute Gasteiger partial charge is 0.463 e. The van der Waals surface area contributed by atoms with Crippen LogP contribution in [0.2, 0.25) is 0 Å². The van der Waals surface area contributed by atoms with Gasteiger partial charge in [0.25, 0.3) is 0 Å². The molecule has 4 heteroatoms. The van der Waals surface area contributed by atoms with E-state index in [0.29, 0.717) is 19.6 Å². The van der Waals surface area contributed by atoms with Gasteiger partial charge in [-0.15, -0.1) is 11.8 Å². The maximum atomic E-state index is 11.4. The van der Waals surface area contributed by atoms with Gasteiger partial charge >= 0.3 is 5.97 Å². The smallest absolute Gasteiger partial charge is 0.306 e. The summed E-state index contributed by atoms with van der Waals surface area (Å²) in [5.41, 5.74) is 1.25. The fourth-order valence-electron chi connectivity index (χ4n) is 1.42. The molecule has 0 radical (unpaired) electrons. The van der Waals surface area contributed by atoms with E-state index < -0.39 is 0 Å². The van der Waals surface area contributed by atoms with Crippen molar-refractivity contribution in [2.45, 2.75) is 31.6 Å². The molecule has 0 aliphatic heterocycles. The van der Waals surface area contributed by atoms with E-state index in [1.165, 1.54) is 10.5 Å². The van der Waals surface area contributed by atoms with Crippen molar-refractivity contribution in [1.82, 2.24) is 0 Å². The number of rotatable bonds is 9. The fourth-order valence-corrected chi connectivity index (χ4v) is 2.25. The van der Waals surface area contributed by atoms with Crippen LogP contribution in [0.1, 0.15) is 25.3 Å². The van der Waals surface area contributed by atoms with Crippen LogP contribution in [-0.2, 0) is 14.3 Å². The van der Waals surface area contributed by atoms with Crippen LogP contribution in [0.15, 0.2) is 29.2 Å². The van der Waals surface area contributed by atoms with Crippen LogP contribution < -0.4 is 0 Å². The van der Waals surface area contributed by atoms with Gasteiger partial charge in [-0.05, 0) is 25.5 Å². The van der Waals surface area contributed by atoms with Crippen LogP contribution in [-0.4, -0.2) is 31.5 Å². The molecule has 0 saturated carbocycles. The van der Waals surface area contributed by atoms with Crippen LogP contribution in [0, 0.1) is 6.92 Å². The first kappa shape index (κ1) is 16.1. The average Bonchev–Trinajstić information content (AvgIpc) is 2.41. The lowest BCUT2D eigenvalue weighted by Gasteiger charge is -2.05. The number of hydrogen-bond donors (Lipinski definition) is 0. The second kappa shape index (κ2) is 9.87. The quantitative estimate of drug-likeness (QED) is 0.395. The topological polar surface area (TPSA) is 35.5 Å². The van der Waals surface area contributed by atoms with Crippen molar-refractivity contribution in [2.75, 3.05) is 25.6 Å². The summed E-state index contributed by atoms with van der Waals surface area (Å²) in [5.74, 6) is 0.595. The second-order valence-corrected chi connectivity index (χ2v) is 5.41. The summed E-state index contributed by atoms with van der Waals surface area (Å²) in [7, 11) is 0. The number of thioether (sulfide) groups is 1. The molecule has 0 heterocycles. The number of benzene rings is 1. The van der Waals surface area contributed by atoms with Crippen LogP contribution in [0.5, 0.6) is 0 Å². The highest BCUT2D eigenvalue weighted by Crippen LogP contribution is 2.19. The van der Waals surface area contributed by atoms with Gasteiger partial charge in [0.05, 0.1) is 13.0 Å². The van der Waals surface area contributed by atoms with Crippen LogP contribution in [0.3, 0.4) is 0 Å². The van der Waals surface area contributed by atoms with Crippen LogP contribution in [0.4, 0.5) is 0 Å². The number of aryl methyl sites for hydroxylation is 1. The summed E-state index contributed by atoms with van der Waals surface area (Å²) in [4.78, 5) is 12.6. The molecule has 0 unspecified atom stereocenters. The molecular formula is C15H22O3S. The van der Waals surface area contributed by atoms with Gasteiger partial charge < -0.3 is 9.47 Å². The summed E-state index contributed by atoms with van der Waals surface area (Å²) in [6.07, 6.45) is 1.42. The molecule has 0 fully saturated rings. The first-order valence-electron chi connectivity index (χ1n) is 6.65. The third-order valence-corrected chi connectivity index (χ3v) is 3.45. The van der Waals surface area contributed by atoms with Crippen molar-refractivity contribution >= 4 is 17.7 Å². The monoisotopic (exact) mass is 282 g/mol. The normalized spacial score (nSPS) is 10.4. The van der Waals surface area contributed by atoms with E-state index in [0.717, 1.165) is 18.8 Å². The minimum atomic E-state index is -0.153. The third-order valence-electron chi connectivity index (χ3n) is 2.44. The van der Waals surface area contributed by atoms with Gasteiger partial charge in [0.2, 0.25) is 0 Å². The summed E-state index contributed by atoms with van der Waals surface area (Å²) in [6.45, 7) is 5.68.